The number of benzene rings is 2. The van der Waals surface area contributed by atoms with E-state index in [1.54, 1.807) is 17.8 Å². The Bertz CT molecular complexity index is 967. The highest BCUT2D eigenvalue weighted by atomic mass is 19.4. The number of halogens is 3. The number of carbonyl (C=O) groups is 1. The van der Waals surface area contributed by atoms with Crippen LogP contribution in [0.1, 0.15) is 18.1 Å². The molecule has 1 heterocycles. The van der Waals surface area contributed by atoms with Gasteiger partial charge in [0.25, 0.3) is 0 Å². The Kier molecular flexibility index (Phi) is 5.91. The maximum atomic E-state index is 12.7. The zero-order valence-electron chi connectivity index (χ0n) is 15.9. The van der Waals surface area contributed by atoms with Gasteiger partial charge >= 0.3 is 6.36 Å². The largest absolute Gasteiger partial charge is 0.573 e. The molecule has 0 radical (unpaired) electrons. The van der Waals surface area contributed by atoms with E-state index in [1.807, 2.05) is 37.3 Å². The summed E-state index contributed by atoms with van der Waals surface area (Å²) in [5.74, 6) is -0.313. The molecule has 0 spiro atoms. The van der Waals surface area contributed by atoms with Crippen LogP contribution in [0, 0.1) is 12.8 Å². The third kappa shape index (κ3) is 5.37. The smallest absolute Gasteiger partial charge is 0.406 e. The molecule has 0 aliphatic heterocycles. The van der Waals surface area contributed by atoms with Crippen molar-refractivity contribution in [3.63, 3.8) is 0 Å². The fourth-order valence-electron chi connectivity index (χ4n) is 2.86. The van der Waals surface area contributed by atoms with Gasteiger partial charge in [-0.15, -0.1) is 13.2 Å². The number of nitrogens with one attached hydrogen (secondary N) is 1. The molecule has 8 heteroatoms. The first-order valence-electron chi connectivity index (χ1n) is 8.98. The minimum absolute atomic E-state index is 0.207. The number of hydrogen-bond donors (Lipinski definition) is 1. The molecule has 0 aliphatic carbocycles. The fourth-order valence-corrected chi connectivity index (χ4v) is 2.86. The molecule has 1 amide bonds. The molecule has 1 atom stereocenters. The molecule has 152 valence electrons. The lowest BCUT2D eigenvalue weighted by atomic mass is 10.0. The second kappa shape index (κ2) is 8.38. The van der Waals surface area contributed by atoms with Crippen LogP contribution in [0.4, 0.5) is 19.0 Å². The molecule has 0 fully saturated rings. The topological polar surface area (TPSA) is 56.2 Å². The van der Waals surface area contributed by atoms with Crippen LogP contribution < -0.4 is 10.1 Å². The van der Waals surface area contributed by atoms with Crippen molar-refractivity contribution in [2.75, 3.05) is 5.32 Å². The van der Waals surface area contributed by atoms with Crippen molar-refractivity contribution in [2.45, 2.75) is 26.6 Å². The van der Waals surface area contributed by atoms with Crippen molar-refractivity contribution in [1.82, 2.24) is 9.78 Å². The van der Waals surface area contributed by atoms with E-state index >= 15 is 0 Å². The van der Waals surface area contributed by atoms with E-state index in [0.29, 0.717) is 12.2 Å². The number of rotatable bonds is 6. The van der Waals surface area contributed by atoms with Crippen molar-refractivity contribution >= 4 is 11.7 Å². The van der Waals surface area contributed by atoms with Crippen LogP contribution in [0.3, 0.4) is 0 Å². The predicted molar refractivity (Wildman–Crippen MR) is 103 cm³/mol. The summed E-state index contributed by atoms with van der Waals surface area (Å²) in [5, 5.41) is 7.23. The monoisotopic (exact) mass is 403 g/mol. The molecule has 0 saturated heterocycles. The van der Waals surface area contributed by atoms with Gasteiger partial charge in [0.15, 0.2) is 0 Å². The van der Waals surface area contributed by atoms with Gasteiger partial charge in [-0.05, 0) is 43.2 Å². The predicted octanol–water partition coefficient (Wildman–Crippen LogP) is 4.90. The Labute approximate surface area is 166 Å². The molecule has 3 aromatic rings. The lowest BCUT2D eigenvalue weighted by Crippen LogP contribution is -2.24. The van der Waals surface area contributed by atoms with Crippen LogP contribution in [0.15, 0.2) is 60.8 Å². The number of aromatic nitrogens is 2. The van der Waals surface area contributed by atoms with E-state index in [1.165, 1.54) is 24.3 Å². The van der Waals surface area contributed by atoms with E-state index in [0.717, 1.165) is 16.8 Å². The van der Waals surface area contributed by atoms with Crippen LogP contribution in [-0.4, -0.2) is 22.1 Å². The highest BCUT2D eigenvalue weighted by molar-refractivity contribution is 5.92. The minimum Gasteiger partial charge on any atom is -0.406 e. The number of para-hydroxylation sites is 1. The lowest BCUT2D eigenvalue weighted by Gasteiger charge is -2.15. The number of ether oxygens (including phenoxy) is 1. The first kappa shape index (κ1) is 20.4. The van der Waals surface area contributed by atoms with Gasteiger partial charge in [-0.1, -0.05) is 37.3 Å². The second-order valence-corrected chi connectivity index (χ2v) is 6.71. The van der Waals surface area contributed by atoms with Crippen molar-refractivity contribution < 1.29 is 22.7 Å². The Morgan fingerprint density at radius 1 is 1.14 bits per heavy atom. The highest BCUT2D eigenvalue weighted by Crippen LogP contribution is 2.24. The first-order chi connectivity index (χ1) is 13.7. The number of hydrogen-bond acceptors (Lipinski definition) is 3. The summed E-state index contributed by atoms with van der Waals surface area (Å²) in [4.78, 5) is 12.7. The van der Waals surface area contributed by atoms with E-state index in [2.05, 4.69) is 15.2 Å². The van der Waals surface area contributed by atoms with Crippen molar-refractivity contribution in [2.24, 2.45) is 5.92 Å². The highest BCUT2D eigenvalue weighted by Gasteiger charge is 2.31. The number of alkyl halides is 3. The summed E-state index contributed by atoms with van der Waals surface area (Å²) in [6.07, 6.45) is -2.68. The van der Waals surface area contributed by atoms with Gasteiger partial charge in [0.2, 0.25) is 5.91 Å². The average Bonchev–Trinajstić information content (AvgIpc) is 3.03. The van der Waals surface area contributed by atoms with Gasteiger partial charge in [0.05, 0.1) is 11.9 Å². The van der Waals surface area contributed by atoms with Crippen LogP contribution in [0.5, 0.6) is 5.75 Å². The Hall–Kier alpha value is -3.29. The van der Waals surface area contributed by atoms with Gasteiger partial charge in [-0.2, -0.15) is 5.10 Å². The first-order valence-corrected chi connectivity index (χ1v) is 8.98. The van der Waals surface area contributed by atoms with Crippen LogP contribution in [-0.2, 0) is 11.2 Å². The zero-order chi connectivity index (χ0) is 21.0. The standard InChI is InChI=1S/C21H20F3N3O2/c1-14(12-16-8-10-18(11-9-16)29-21(22,23)24)20(28)26-19-15(2)13-25-27(19)17-6-4-3-5-7-17/h3-11,13-14H,12H2,1-2H3,(H,26,28). The number of carbonyl (C=O) groups excluding carboxylic acids is 1. The van der Waals surface area contributed by atoms with Crippen LogP contribution in [0.25, 0.3) is 5.69 Å². The molecular formula is C21H20F3N3O2. The summed E-state index contributed by atoms with van der Waals surface area (Å²) in [6, 6.07) is 14.9. The summed E-state index contributed by atoms with van der Waals surface area (Å²) in [5.41, 5.74) is 2.38. The van der Waals surface area contributed by atoms with Crippen molar-refractivity contribution in [3.05, 3.63) is 71.9 Å². The number of amides is 1. The summed E-state index contributed by atoms with van der Waals surface area (Å²) in [6.45, 7) is 3.61. The Morgan fingerprint density at radius 3 is 2.41 bits per heavy atom. The fraction of sp³-hybridized carbons (Fsp3) is 0.238. The van der Waals surface area contributed by atoms with Gasteiger partial charge in [-0.3, -0.25) is 4.79 Å². The molecule has 2 aromatic carbocycles. The van der Waals surface area contributed by atoms with E-state index in [-0.39, 0.29) is 11.7 Å². The van der Waals surface area contributed by atoms with E-state index in [9.17, 15) is 18.0 Å². The maximum Gasteiger partial charge on any atom is 0.573 e. The number of anilines is 1. The molecule has 29 heavy (non-hydrogen) atoms. The van der Waals surface area contributed by atoms with Crippen LogP contribution >= 0.6 is 0 Å². The number of aryl methyl sites for hydroxylation is 1. The lowest BCUT2D eigenvalue weighted by molar-refractivity contribution is -0.274. The molecular weight excluding hydrogens is 383 g/mol. The van der Waals surface area contributed by atoms with E-state index < -0.39 is 12.3 Å². The van der Waals surface area contributed by atoms with Gasteiger partial charge in [-0.25, -0.2) is 4.68 Å². The van der Waals surface area contributed by atoms with E-state index in [4.69, 9.17) is 0 Å². The Morgan fingerprint density at radius 2 is 1.79 bits per heavy atom. The third-order valence-electron chi connectivity index (χ3n) is 4.34. The summed E-state index contributed by atoms with van der Waals surface area (Å²) < 4.78 is 42.2. The Balaban J connectivity index is 1.67. The quantitative estimate of drug-likeness (QED) is 0.637. The summed E-state index contributed by atoms with van der Waals surface area (Å²) in [7, 11) is 0. The van der Waals surface area contributed by atoms with Crippen LogP contribution in [0.2, 0.25) is 0 Å². The molecule has 1 N–H and O–H groups in total. The number of nitrogens with zero attached hydrogens (tertiary/aromatic N) is 2. The van der Waals surface area contributed by atoms with Crippen molar-refractivity contribution in [3.8, 4) is 11.4 Å². The van der Waals surface area contributed by atoms with Gasteiger partial charge in [0.1, 0.15) is 11.6 Å². The molecule has 3 rings (SSSR count). The van der Waals surface area contributed by atoms with Gasteiger partial charge in [0, 0.05) is 11.5 Å². The summed E-state index contributed by atoms with van der Waals surface area (Å²) >= 11 is 0. The molecule has 5 nitrogen and oxygen atoms in total. The molecule has 1 aromatic heterocycles. The van der Waals surface area contributed by atoms with Crippen molar-refractivity contribution in [1.29, 1.82) is 0 Å². The molecule has 0 bridgehead atoms. The zero-order valence-corrected chi connectivity index (χ0v) is 15.9. The third-order valence-corrected chi connectivity index (χ3v) is 4.34. The second-order valence-electron chi connectivity index (χ2n) is 6.71. The SMILES string of the molecule is Cc1cnn(-c2ccccc2)c1NC(=O)C(C)Cc1ccc(OC(F)(F)F)cc1. The maximum absolute atomic E-state index is 12.7. The molecule has 0 aliphatic rings. The van der Waals surface area contributed by atoms with Gasteiger partial charge < -0.3 is 10.1 Å². The normalized spacial score (nSPS) is 12.4. The minimum atomic E-state index is -4.73. The molecule has 0 saturated carbocycles. The average molecular weight is 403 g/mol. The molecule has 1 unspecified atom stereocenters.